The van der Waals surface area contributed by atoms with Crippen molar-refractivity contribution in [3.8, 4) is 5.69 Å². The van der Waals surface area contributed by atoms with Crippen LogP contribution in [0.2, 0.25) is 0 Å². The zero-order valence-electron chi connectivity index (χ0n) is 11.4. The summed E-state index contributed by atoms with van der Waals surface area (Å²) >= 11 is 0. The van der Waals surface area contributed by atoms with Gasteiger partial charge in [-0.05, 0) is 37.1 Å². The Balaban J connectivity index is 1.86. The van der Waals surface area contributed by atoms with Crippen molar-refractivity contribution in [1.82, 2.24) is 19.7 Å². The molecule has 1 aliphatic rings. The van der Waals surface area contributed by atoms with Crippen LogP contribution < -0.4 is 5.73 Å². The number of amides is 1. The lowest BCUT2D eigenvalue weighted by Gasteiger charge is -2.17. The summed E-state index contributed by atoms with van der Waals surface area (Å²) in [5.74, 6) is 0.0561. The molecule has 0 spiro atoms. The van der Waals surface area contributed by atoms with Gasteiger partial charge in [-0.3, -0.25) is 4.79 Å². The third-order valence-electron chi connectivity index (χ3n) is 3.64. The van der Waals surface area contributed by atoms with E-state index < -0.39 is 0 Å². The molecule has 1 fully saturated rings. The molecule has 20 heavy (non-hydrogen) atoms. The molecule has 1 aromatic carbocycles. The highest BCUT2D eigenvalue weighted by Crippen LogP contribution is 2.18. The van der Waals surface area contributed by atoms with Crippen molar-refractivity contribution in [2.75, 3.05) is 13.1 Å². The lowest BCUT2D eigenvalue weighted by atomic mass is 10.1. The lowest BCUT2D eigenvalue weighted by molar-refractivity contribution is 0.0790. The third kappa shape index (κ3) is 2.30. The number of carbonyl (C=O) groups is 1. The van der Waals surface area contributed by atoms with Crippen LogP contribution in [-0.2, 0) is 0 Å². The number of aryl methyl sites for hydroxylation is 1. The van der Waals surface area contributed by atoms with Gasteiger partial charge in [0.15, 0.2) is 0 Å². The molecule has 6 nitrogen and oxygen atoms in total. The molecule has 1 aromatic heterocycles. The van der Waals surface area contributed by atoms with E-state index in [1.165, 1.54) is 6.33 Å². The van der Waals surface area contributed by atoms with Crippen molar-refractivity contribution in [1.29, 1.82) is 0 Å². The molecule has 2 heterocycles. The summed E-state index contributed by atoms with van der Waals surface area (Å²) in [7, 11) is 0. The van der Waals surface area contributed by atoms with Crippen molar-refractivity contribution in [3.05, 3.63) is 42.0 Å². The van der Waals surface area contributed by atoms with Gasteiger partial charge in [-0.1, -0.05) is 0 Å². The largest absolute Gasteiger partial charge is 0.337 e. The second-order valence-corrected chi connectivity index (χ2v) is 5.14. The van der Waals surface area contributed by atoms with Crippen molar-refractivity contribution in [3.63, 3.8) is 0 Å². The van der Waals surface area contributed by atoms with Crippen LogP contribution in [0, 0.1) is 6.92 Å². The predicted molar refractivity (Wildman–Crippen MR) is 74.6 cm³/mol. The topological polar surface area (TPSA) is 77.0 Å². The van der Waals surface area contributed by atoms with E-state index in [9.17, 15) is 4.79 Å². The molecular weight excluding hydrogens is 254 g/mol. The van der Waals surface area contributed by atoms with Crippen molar-refractivity contribution in [2.24, 2.45) is 5.73 Å². The van der Waals surface area contributed by atoms with Crippen LogP contribution in [-0.4, -0.2) is 44.7 Å². The van der Waals surface area contributed by atoms with E-state index in [4.69, 9.17) is 5.73 Å². The molecular formula is C14H17N5O. The van der Waals surface area contributed by atoms with Gasteiger partial charge in [0, 0.05) is 24.7 Å². The summed E-state index contributed by atoms with van der Waals surface area (Å²) in [6, 6.07) is 5.77. The van der Waals surface area contributed by atoms with E-state index in [1.54, 1.807) is 11.0 Å². The van der Waals surface area contributed by atoms with Gasteiger partial charge in [0.05, 0.1) is 5.69 Å². The molecule has 104 valence electrons. The van der Waals surface area contributed by atoms with Gasteiger partial charge < -0.3 is 10.6 Å². The van der Waals surface area contributed by atoms with E-state index in [0.717, 1.165) is 29.8 Å². The summed E-state index contributed by atoms with van der Waals surface area (Å²) in [4.78, 5) is 18.2. The Morgan fingerprint density at radius 2 is 2.30 bits per heavy atom. The Bertz CT molecular complexity index is 622. The SMILES string of the molecule is Cc1cc(-n2cncn2)ccc1C(=O)N1CC[C@@H](N)C1. The first kappa shape index (κ1) is 12.8. The maximum Gasteiger partial charge on any atom is 0.254 e. The van der Waals surface area contributed by atoms with Crippen LogP contribution in [0.15, 0.2) is 30.9 Å². The van der Waals surface area contributed by atoms with Gasteiger partial charge in [-0.15, -0.1) is 0 Å². The Kier molecular flexibility index (Phi) is 3.23. The molecule has 0 unspecified atom stereocenters. The molecule has 1 aliphatic heterocycles. The first-order valence-electron chi connectivity index (χ1n) is 6.65. The van der Waals surface area contributed by atoms with Gasteiger partial charge in [-0.25, -0.2) is 9.67 Å². The van der Waals surface area contributed by atoms with Crippen LogP contribution in [0.4, 0.5) is 0 Å². The molecule has 0 radical (unpaired) electrons. The molecule has 1 amide bonds. The standard InChI is InChI=1S/C14H17N5O/c1-10-6-12(19-9-16-8-17-19)2-3-13(10)14(20)18-5-4-11(15)7-18/h2-3,6,8-9,11H,4-5,7,15H2,1H3/t11-/m1/s1. The summed E-state index contributed by atoms with van der Waals surface area (Å²) < 4.78 is 1.67. The van der Waals surface area contributed by atoms with Crippen LogP contribution in [0.25, 0.3) is 5.69 Å². The van der Waals surface area contributed by atoms with Crippen molar-refractivity contribution in [2.45, 2.75) is 19.4 Å². The van der Waals surface area contributed by atoms with E-state index in [-0.39, 0.29) is 11.9 Å². The van der Waals surface area contributed by atoms with E-state index >= 15 is 0 Å². The smallest absolute Gasteiger partial charge is 0.254 e. The second kappa shape index (κ2) is 5.05. The third-order valence-corrected chi connectivity index (χ3v) is 3.64. The lowest BCUT2D eigenvalue weighted by Crippen LogP contribution is -2.32. The zero-order chi connectivity index (χ0) is 14.1. The van der Waals surface area contributed by atoms with Gasteiger partial charge >= 0.3 is 0 Å². The predicted octanol–water partition coefficient (Wildman–Crippen LogP) is 0.749. The van der Waals surface area contributed by atoms with Gasteiger partial charge in [-0.2, -0.15) is 5.10 Å². The second-order valence-electron chi connectivity index (χ2n) is 5.14. The summed E-state index contributed by atoms with van der Waals surface area (Å²) in [6.07, 6.45) is 4.00. The van der Waals surface area contributed by atoms with E-state index in [0.29, 0.717) is 6.54 Å². The van der Waals surface area contributed by atoms with Crippen LogP contribution in [0.1, 0.15) is 22.3 Å². The van der Waals surface area contributed by atoms with Crippen LogP contribution in [0.5, 0.6) is 0 Å². The van der Waals surface area contributed by atoms with E-state index in [1.807, 2.05) is 30.0 Å². The number of hydrogen-bond donors (Lipinski definition) is 1. The molecule has 0 saturated carbocycles. The number of carbonyl (C=O) groups excluding carboxylic acids is 1. The molecule has 0 bridgehead atoms. The minimum absolute atomic E-state index is 0.0561. The van der Waals surface area contributed by atoms with Gasteiger partial charge in [0.2, 0.25) is 0 Å². The Morgan fingerprint density at radius 1 is 1.45 bits per heavy atom. The molecule has 3 rings (SSSR count). The number of aromatic nitrogens is 3. The molecule has 1 atom stereocenters. The molecule has 2 aromatic rings. The molecule has 6 heteroatoms. The maximum absolute atomic E-state index is 12.4. The minimum Gasteiger partial charge on any atom is -0.337 e. The monoisotopic (exact) mass is 271 g/mol. The quantitative estimate of drug-likeness (QED) is 0.874. The maximum atomic E-state index is 12.4. The highest BCUT2D eigenvalue weighted by molar-refractivity contribution is 5.96. The molecule has 1 saturated heterocycles. The van der Waals surface area contributed by atoms with Gasteiger partial charge in [0.25, 0.3) is 5.91 Å². The number of nitrogens with zero attached hydrogens (tertiary/aromatic N) is 4. The fourth-order valence-electron chi connectivity index (χ4n) is 2.51. The minimum atomic E-state index is 0.0561. The van der Waals surface area contributed by atoms with Crippen molar-refractivity contribution >= 4 is 5.91 Å². The number of likely N-dealkylation sites (tertiary alicyclic amines) is 1. The van der Waals surface area contributed by atoms with Crippen LogP contribution in [0.3, 0.4) is 0 Å². The normalized spacial score (nSPS) is 18.5. The van der Waals surface area contributed by atoms with Crippen molar-refractivity contribution < 1.29 is 4.79 Å². The summed E-state index contributed by atoms with van der Waals surface area (Å²) in [6.45, 7) is 3.32. The Hall–Kier alpha value is -2.21. The fourth-order valence-corrected chi connectivity index (χ4v) is 2.51. The molecule has 2 N–H and O–H groups in total. The number of rotatable bonds is 2. The van der Waals surface area contributed by atoms with Gasteiger partial charge in [0.1, 0.15) is 12.7 Å². The average Bonchev–Trinajstić information content (AvgIpc) is 3.09. The number of nitrogens with two attached hydrogens (primary N) is 1. The number of hydrogen-bond acceptors (Lipinski definition) is 4. The average molecular weight is 271 g/mol. The summed E-state index contributed by atoms with van der Waals surface area (Å²) in [5.41, 5.74) is 8.41. The molecule has 0 aliphatic carbocycles. The van der Waals surface area contributed by atoms with Crippen LogP contribution >= 0.6 is 0 Å². The fraction of sp³-hybridized carbons (Fsp3) is 0.357. The highest BCUT2D eigenvalue weighted by Gasteiger charge is 2.25. The number of benzene rings is 1. The Labute approximate surface area is 117 Å². The van der Waals surface area contributed by atoms with E-state index in [2.05, 4.69) is 10.1 Å². The first-order chi connectivity index (χ1) is 9.65. The highest BCUT2D eigenvalue weighted by atomic mass is 16.2. The summed E-state index contributed by atoms with van der Waals surface area (Å²) in [5, 5.41) is 4.08. The zero-order valence-corrected chi connectivity index (χ0v) is 11.4. The Morgan fingerprint density at radius 3 is 2.90 bits per heavy atom. The first-order valence-corrected chi connectivity index (χ1v) is 6.65.